The molecule has 0 bridgehead atoms. The van der Waals surface area contributed by atoms with Crippen molar-refractivity contribution in [1.29, 1.82) is 0 Å². The van der Waals surface area contributed by atoms with Gasteiger partial charge in [0.2, 0.25) is 0 Å². The van der Waals surface area contributed by atoms with E-state index in [-0.39, 0.29) is 0 Å². The zero-order chi connectivity index (χ0) is 8.74. The predicted molar refractivity (Wildman–Crippen MR) is 43.3 cm³/mol. The number of ether oxygens (including phenoxy) is 1. The van der Waals surface area contributed by atoms with Crippen molar-refractivity contribution in [2.45, 2.75) is 6.92 Å². The van der Waals surface area contributed by atoms with Crippen molar-refractivity contribution in [3.63, 3.8) is 0 Å². The fourth-order valence-electron chi connectivity index (χ4n) is 0.654. The minimum absolute atomic E-state index is 0.410. The van der Waals surface area contributed by atoms with Crippen LogP contribution in [0.15, 0.2) is 0 Å². The zero-order valence-electron chi connectivity index (χ0n) is 7.55. The van der Waals surface area contributed by atoms with E-state index in [4.69, 9.17) is 18.0 Å². The molecule has 0 spiro atoms. The highest BCUT2D eigenvalue weighted by Crippen LogP contribution is 2.05. The van der Waals surface area contributed by atoms with Crippen LogP contribution in [0.3, 0.4) is 0 Å². The lowest BCUT2D eigenvalue weighted by Gasteiger charge is -2.23. The van der Waals surface area contributed by atoms with Crippen LogP contribution in [-0.2, 0) is 18.0 Å². The topological polar surface area (TPSA) is 36.9 Å². The van der Waals surface area contributed by atoms with E-state index in [1.165, 1.54) is 0 Å². The molecule has 5 heteroatoms. The minimum Gasteiger partial charge on any atom is -0.377 e. The minimum atomic E-state index is -2.46. The predicted octanol–water partition coefficient (Wildman–Crippen LogP) is 0.440. The third-order valence-corrected chi connectivity index (χ3v) is 3.84. The first-order valence-corrected chi connectivity index (χ1v) is 5.41. The van der Waals surface area contributed by atoms with Crippen LogP contribution in [-0.4, -0.2) is 43.0 Å². The van der Waals surface area contributed by atoms with E-state index in [1.807, 2.05) is 6.92 Å². The molecule has 11 heavy (non-hydrogen) atoms. The van der Waals surface area contributed by atoms with Gasteiger partial charge in [0.05, 0.1) is 0 Å². The summed E-state index contributed by atoms with van der Waals surface area (Å²) >= 11 is 0. The Kier molecular flexibility index (Phi) is 5.70. The fourth-order valence-corrected chi connectivity index (χ4v) is 1.96. The second-order valence-electron chi connectivity index (χ2n) is 1.93. The SMILES string of the molecule is CCOC[Si](OC)(OC)OC. The smallest absolute Gasteiger partial charge is 0.377 e. The normalized spacial score (nSPS) is 12.0. The third-order valence-electron chi connectivity index (χ3n) is 1.42. The summed E-state index contributed by atoms with van der Waals surface area (Å²) in [5, 5.41) is 0. The Balaban J connectivity index is 3.84. The van der Waals surface area contributed by atoms with Gasteiger partial charge in [-0.25, -0.2) is 0 Å². The molecule has 0 aliphatic heterocycles. The highest BCUT2D eigenvalue weighted by atomic mass is 28.4. The monoisotopic (exact) mass is 180 g/mol. The van der Waals surface area contributed by atoms with Gasteiger partial charge in [-0.2, -0.15) is 0 Å². The molecule has 0 aromatic heterocycles. The Morgan fingerprint density at radius 2 is 1.45 bits per heavy atom. The lowest BCUT2D eigenvalue weighted by atomic mass is 10.9. The van der Waals surface area contributed by atoms with Crippen molar-refractivity contribution in [3.8, 4) is 0 Å². The molecule has 0 aromatic rings. The Morgan fingerprint density at radius 1 is 1.00 bits per heavy atom. The van der Waals surface area contributed by atoms with Gasteiger partial charge < -0.3 is 18.0 Å². The molecular weight excluding hydrogens is 164 g/mol. The average molecular weight is 180 g/mol. The summed E-state index contributed by atoms with van der Waals surface area (Å²) in [6, 6.07) is 0. The summed E-state index contributed by atoms with van der Waals surface area (Å²) < 4.78 is 20.5. The zero-order valence-corrected chi connectivity index (χ0v) is 8.55. The van der Waals surface area contributed by atoms with Crippen LogP contribution in [0, 0.1) is 0 Å². The molecule has 68 valence electrons. The van der Waals surface area contributed by atoms with Crippen LogP contribution >= 0.6 is 0 Å². The van der Waals surface area contributed by atoms with Gasteiger partial charge in [-0.1, -0.05) is 0 Å². The summed E-state index contributed by atoms with van der Waals surface area (Å²) in [6.07, 6.45) is 0.410. The van der Waals surface area contributed by atoms with Crippen molar-refractivity contribution >= 4 is 8.80 Å². The van der Waals surface area contributed by atoms with Gasteiger partial charge in [0.15, 0.2) is 0 Å². The van der Waals surface area contributed by atoms with Crippen LogP contribution in [0.25, 0.3) is 0 Å². The quantitative estimate of drug-likeness (QED) is 0.556. The van der Waals surface area contributed by atoms with E-state index in [2.05, 4.69) is 0 Å². The van der Waals surface area contributed by atoms with Crippen LogP contribution in [0.4, 0.5) is 0 Å². The van der Waals surface area contributed by atoms with Gasteiger partial charge in [0, 0.05) is 27.9 Å². The molecule has 0 saturated heterocycles. The van der Waals surface area contributed by atoms with E-state index in [0.29, 0.717) is 12.8 Å². The molecule has 0 saturated carbocycles. The summed E-state index contributed by atoms with van der Waals surface area (Å²) in [4.78, 5) is 0. The van der Waals surface area contributed by atoms with Crippen molar-refractivity contribution in [2.24, 2.45) is 0 Å². The Morgan fingerprint density at radius 3 is 1.73 bits per heavy atom. The molecule has 0 rings (SSSR count). The molecule has 0 aliphatic rings. The number of rotatable bonds is 6. The third kappa shape index (κ3) is 3.30. The molecule has 0 N–H and O–H groups in total. The van der Waals surface area contributed by atoms with Gasteiger partial charge in [-0.15, -0.1) is 0 Å². The first-order chi connectivity index (χ1) is 5.24. The Hall–Kier alpha value is 0.0569. The standard InChI is InChI=1S/C6H16O4Si/c1-5-10-6-11(7-2,8-3)9-4/h5-6H2,1-4H3. The summed E-state index contributed by atoms with van der Waals surface area (Å²) in [6.45, 7) is 2.56. The summed E-state index contributed by atoms with van der Waals surface area (Å²) in [7, 11) is 2.24. The average Bonchev–Trinajstić information content (AvgIpc) is 2.08. The maximum absolute atomic E-state index is 5.16. The van der Waals surface area contributed by atoms with Crippen molar-refractivity contribution in [3.05, 3.63) is 0 Å². The van der Waals surface area contributed by atoms with Crippen molar-refractivity contribution in [2.75, 3.05) is 34.2 Å². The van der Waals surface area contributed by atoms with Gasteiger partial charge in [0.25, 0.3) is 0 Å². The van der Waals surface area contributed by atoms with Gasteiger partial charge >= 0.3 is 8.80 Å². The second-order valence-corrected chi connectivity index (χ2v) is 4.81. The Bertz CT molecular complexity index is 86.3. The van der Waals surface area contributed by atoms with E-state index >= 15 is 0 Å². The molecule has 4 nitrogen and oxygen atoms in total. The largest absolute Gasteiger partial charge is 0.527 e. The first kappa shape index (κ1) is 11.1. The van der Waals surface area contributed by atoms with Gasteiger partial charge in [-0.3, -0.25) is 0 Å². The number of hydrogen-bond acceptors (Lipinski definition) is 4. The van der Waals surface area contributed by atoms with E-state index in [9.17, 15) is 0 Å². The molecule has 0 atom stereocenters. The summed E-state index contributed by atoms with van der Waals surface area (Å²) in [5.41, 5.74) is 0. The number of hydrogen-bond donors (Lipinski definition) is 0. The fraction of sp³-hybridized carbons (Fsp3) is 1.00. The van der Waals surface area contributed by atoms with Crippen LogP contribution in [0.2, 0.25) is 0 Å². The molecule has 0 fully saturated rings. The molecule has 0 heterocycles. The molecule has 0 aromatic carbocycles. The van der Waals surface area contributed by atoms with E-state index < -0.39 is 8.80 Å². The van der Waals surface area contributed by atoms with Crippen molar-refractivity contribution in [1.82, 2.24) is 0 Å². The first-order valence-electron chi connectivity index (χ1n) is 3.48. The maximum atomic E-state index is 5.16. The molecule has 0 unspecified atom stereocenters. The van der Waals surface area contributed by atoms with Crippen LogP contribution in [0.1, 0.15) is 6.92 Å². The van der Waals surface area contributed by atoms with Gasteiger partial charge in [0.1, 0.15) is 6.23 Å². The lowest BCUT2D eigenvalue weighted by molar-refractivity contribution is 0.0676. The van der Waals surface area contributed by atoms with E-state index in [0.717, 1.165) is 0 Å². The molecule has 0 aliphatic carbocycles. The summed E-state index contributed by atoms with van der Waals surface area (Å²) in [5.74, 6) is 0. The highest BCUT2D eigenvalue weighted by Gasteiger charge is 2.38. The van der Waals surface area contributed by atoms with E-state index in [1.54, 1.807) is 21.3 Å². The van der Waals surface area contributed by atoms with Crippen LogP contribution < -0.4 is 0 Å². The lowest BCUT2D eigenvalue weighted by Crippen LogP contribution is -2.48. The second kappa shape index (κ2) is 5.67. The van der Waals surface area contributed by atoms with Crippen LogP contribution in [0.5, 0.6) is 0 Å². The van der Waals surface area contributed by atoms with Gasteiger partial charge in [-0.05, 0) is 6.92 Å². The highest BCUT2D eigenvalue weighted by molar-refractivity contribution is 6.60. The Labute approximate surface area is 68.8 Å². The maximum Gasteiger partial charge on any atom is 0.527 e. The van der Waals surface area contributed by atoms with Crippen molar-refractivity contribution < 1.29 is 18.0 Å². The molecular formula is C6H16O4Si. The molecule has 0 radical (unpaired) electrons. The molecule has 0 amide bonds.